The second-order valence-corrected chi connectivity index (χ2v) is 5.42. The molecule has 1 aromatic carbocycles. The number of ether oxygens (including phenoxy) is 1. The van der Waals surface area contributed by atoms with Gasteiger partial charge in [-0.25, -0.2) is 0 Å². The zero-order valence-corrected chi connectivity index (χ0v) is 13.5. The normalized spacial score (nSPS) is 11.3. The van der Waals surface area contributed by atoms with Gasteiger partial charge in [0.2, 0.25) is 0 Å². The molecule has 0 unspecified atom stereocenters. The van der Waals surface area contributed by atoms with Gasteiger partial charge in [0.15, 0.2) is 0 Å². The van der Waals surface area contributed by atoms with Gasteiger partial charge < -0.3 is 15.0 Å². The van der Waals surface area contributed by atoms with Crippen LogP contribution in [-0.2, 0) is 6.54 Å². The molecule has 3 nitrogen and oxygen atoms in total. The highest BCUT2D eigenvalue weighted by Gasteiger charge is 2.01. The van der Waals surface area contributed by atoms with Crippen LogP contribution in [0.2, 0.25) is 0 Å². The maximum absolute atomic E-state index is 5.64. The minimum Gasteiger partial charge on any atom is -0.491 e. The number of likely N-dealkylation sites (N-methyl/N-ethyl adjacent to an activating group) is 1. The van der Waals surface area contributed by atoms with E-state index in [-0.39, 0.29) is 6.10 Å². The number of hydrogen-bond donors (Lipinski definition) is 1. The van der Waals surface area contributed by atoms with Crippen LogP contribution in [0, 0.1) is 0 Å². The van der Waals surface area contributed by atoms with Crippen molar-refractivity contribution >= 4 is 0 Å². The summed E-state index contributed by atoms with van der Waals surface area (Å²) in [6.07, 6.45) is 1.46. The van der Waals surface area contributed by atoms with Crippen LogP contribution < -0.4 is 10.1 Å². The molecule has 0 aromatic heterocycles. The summed E-state index contributed by atoms with van der Waals surface area (Å²) in [5.74, 6) is 0.948. The number of rotatable bonds is 10. The lowest BCUT2D eigenvalue weighted by molar-refractivity contribution is 0.242. The smallest absolute Gasteiger partial charge is 0.119 e. The van der Waals surface area contributed by atoms with E-state index in [9.17, 15) is 0 Å². The fourth-order valence-electron chi connectivity index (χ4n) is 2.17. The molecule has 0 spiro atoms. The van der Waals surface area contributed by atoms with Crippen molar-refractivity contribution < 1.29 is 4.74 Å². The van der Waals surface area contributed by atoms with E-state index in [0.29, 0.717) is 0 Å². The van der Waals surface area contributed by atoms with E-state index in [1.54, 1.807) is 0 Å². The predicted octanol–water partition coefficient (Wildman–Crippen LogP) is 3.30. The summed E-state index contributed by atoms with van der Waals surface area (Å²) in [6, 6.07) is 8.36. The monoisotopic (exact) mass is 278 g/mol. The molecule has 0 atom stereocenters. The highest BCUT2D eigenvalue weighted by Crippen LogP contribution is 2.13. The molecule has 0 aliphatic carbocycles. The molecule has 1 rings (SSSR count). The first-order chi connectivity index (χ1) is 9.65. The van der Waals surface area contributed by atoms with Gasteiger partial charge in [0, 0.05) is 19.6 Å². The molecule has 0 saturated carbocycles. The Morgan fingerprint density at radius 1 is 1.10 bits per heavy atom. The van der Waals surface area contributed by atoms with Crippen LogP contribution in [-0.4, -0.2) is 37.2 Å². The second-order valence-electron chi connectivity index (χ2n) is 5.42. The summed E-state index contributed by atoms with van der Waals surface area (Å²) in [6.45, 7) is 14.0. The van der Waals surface area contributed by atoms with Crippen molar-refractivity contribution in [1.82, 2.24) is 10.2 Å². The van der Waals surface area contributed by atoms with Gasteiger partial charge in [0.05, 0.1) is 6.10 Å². The maximum atomic E-state index is 5.64. The number of nitrogens with zero attached hydrogens (tertiary/aromatic N) is 1. The van der Waals surface area contributed by atoms with E-state index < -0.39 is 0 Å². The molecule has 114 valence electrons. The Bertz CT molecular complexity index is 349. The van der Waals surface area contributed by atoms with Gasteiger partial charge >= 0.3 is 0 Å². The van der Waals surface area contributed by atoms with E-state index in [0.717, 1.165) is 31.9 Å². The fraction of sp³-hybridized carbons (Fsp3) is 0.647. The Hall–Kier alpha value is -1.06. The molecular weight excluding hydrogens is 248 g/mol. The van der Waals surface area contributed by atoms with E-state index >= 15 is 0 Å². The highest BCUT2D eigenvalue weighted by atomic mass is 16.5. The third-order valence-electron chi connectivity index (χ3n) is 3.22. The lowest BCUT2D eigenvalue weighted by Crippen LogP contribution is -2.32. The van der Waals surface area contributed by atoms with Crippen molar-refractivity contribution in [3.63, 3.8) is 0 Å². The molecule has 1 aromatic rings. The topological polar surface area (TPSA) is 24.5 Å². The molecule has 0 heterocycles. The van der Waals surface area contributed by atoms with Crippen molar-refractivity contribution in [2.24, 2.45) is 0 Å². The Kier molecular flexibility index (Phi) is 8.31. The first-order valence-corrected chi connectivity index (χ1v) is 7.84. The van der Waals surface area contributed by atoms with Crippen molar-refractivity contribution in [2.45, 2.75) is 46.8 Å². The standard InChI is InChI=1S/C17H30N2O/c1-5-12-19(6-2)13-11-18-14-16-7-9-17(10-8-16)20-15(3)4/h7-10,15,18H,5-6,11-14H2,1-4H3. The minimum atomic E-state index is 0.234. The van der Waals surface area contributed by atoms with Crippen LogP contribution in [0.1, 0.15) is 39.7 Å². The molecule has 0 saturated heterocycles. The average molecular weight is 278 g/mol. The quantitative estimate of drug-likeness (QED) is 0.665. The molecule has 0 aliphatic rings. The summed E-state index contributed by atoms with van der Waals surface area (Å²) < 4.78 is 5.64. The Morgan fingerprint density at radius 2 is 1.80 bits per heavy atom. The zero-order valence-electron chi connectivity index (χ0n) is 13.5. The van der Waals surface area contributed by atoms with Gasteiger partial charge in [0.25, 0.3) is 0 Å². The number of hydrogen-bond acceptors (Lipinski definition) is 3. The average Bonchev–Trinajstić information content (AvgIpc) is 2.43. The van der Waals surface area contributed by atoms with Gasteiger partial charge in [-0.15, -0.1) is 0 Å². The van der Waals surface area contributed by atoms with Crippen LogP contribution in [0.4, 0.5) is 0 Å². The van der Waals surface area contributed by atoms with Crippen LogP contribution in [0.25, 0.3) is 0 Å². The Morgan fingerprint density at radius 3 is 2.35 bits per heavy atom. The first kappa shape index (κ1) is 17.0. The molecule has 0 amide bonds. The van der Waals surface area contributed by atoms with Gasteiger partial charge in [-0.2, -0.15) is 0 Å². The third-order valence-corrected chi connectivity index (χ3v) is 3.22. The molecule has 0 radical (unpaired) electrons. The van der Waals surface area contributed by atoms with Crippen LogP contribution >= 0.6 is 0 Å². The molecule has 3 heteroatoms. The van der Waals surface area contributed by atoms with E-state index in [2.05, 4.69) is 36.2 Å². The minimum absolute atomic E-state index is 0.234. The summed E-state index contributed by atoms with van der Waals surface area (Å²) in [5.41, 5.74) is 1.31. The van der Waals surface area contributed by atoms with Crippen LogP contribution in [0.5, 0.6) is 5.75 Å². The van der Waals surface area contributed by atoms with Crippen molar-refractivity contribution in [1.29, 1.82) is 0 Å². The molecule has 0 fully saturated rings. The Balaban J connectivity index is 2.24. The maximum Gasteiger partial charge on any atom is 0.119 e. The van der Waals surface area contributed by atoms with Gasteiger partial charge in [-0.1, -0.05) is 26.0 Å². The lowest BCUT2D eigenvalue weighted by Gasteiger charge is -2.19. The summed E-state index contributed by atoms with van der Waals surface area (Å²) in [5, 5.41) is 3.50. The molecule has 0 aliphatic heterocycles. The predicted molar refractivity (Wildman–Crippen MR) is 86.3 cm³/mol. The highest BCUT2D eigenvalue weighted by molar-refractivity contribution is 5.27. The molecule has 20 heavy (non-hydrogen) atoms. The summed E-state index contributed by atoms with van der Waals surface area (Å²) >= 11 is 0. The largest absolute Gasteiger partial charge is 0.491 e. The first-order valence-electron chi connectivity index (χ1n) is 7.84. The van der Waals surface area contributed by atoms with Gasteiger partial charge in [-0.05, 0) is 51.1 Å². The summed E-state index contributed by atoms with van der Waals surface area (Å²) in [4.78, 5) is 2.48. The van der Waals surface area contributed by atoms with E-state index in [4.69, 9.17) is 4.74 Å². The fourth-order valence-corrected chi connectivity index (χ4v) is 2.17. The van der Waals surface area contributed by atoms with Gasteiger partial charge in [0.1, 0.15) is 5.75 Å². The van der Waals surface area contributed by atoms with E-state index in [1.807, 2.05) is 26.0 Å². The Labute approximate surface area is 124 Å². The molecule has 1 N–H and O–H groups in total. The summed E-state index contributed by atoms with van der Waals surface area (Å²) in [7, 11) is 0. The second kappa shape index (κ2) is 9.78. The van der Waals surface area contributed by atoms with Crippen LogP contribution in [0.3, 0.4) is 0 Å². The van der Waals surface area contributed by atoms with Crippen molar-refractivity contribution in [3.8, 4) is 5.75 Å². The zero-order chi connectivity index (χ0) is 14.8. The molecular formula is C17H30N2O. The van der Waals surface area contributed by atoms with Crippen molar-refractivity contribution in [3.05, 3.63) is 29.8 Å². The third kappa shape index (κ3) is 6.92. The lowest BCUT2D eigenvalue weighted by atomic mass is 10.2. The number of benzene rings is 1. The van der Waals surface area contributed by atoms with Crippen LogP contribution in [0.15, 0.2) is 24.3 Å². The van der Waals surface area contributed by atoms with Gasteiger partial charge in [-0.3, -0.25) is 0 Å². The SMILES string of the molecule is CCCN(CC)CCNCc1ccc(OC(C)C)cc1. The number of nitrogens with one attached hydrogen (secondary N) is 1. The molecule has 0 bridgehead atoms. The van der Waals surface area contributed by atoms with E-state index in [1.165, 1.54) is 18.5 Å². The van der Waals surface area contributed by atoms with Crippen molar-refractivity contribution in [2.75, 3.05) is 26.2 Å².